The van der Waals surface area contributed by atoms with Gasteiger partial charge in [-0.3, -0.25) is 0 Å². The molecule has 3 N–H and O–H groups in total. The molecule has 0 spiro atoms. The second-order valence-electron chi connectivity index (χ2n) is 6.09. The van der Waals surface area contributed by atoms with Crippen LogP contribution in [0.4, 0.5) is 4.79 Å². The zero-order valence-corrected chi connectivity index (χ0v) is 12.9. The van der Waals surface area contributed by atoms with Crippen LogP contribution in [0, 0.1) is 11.8 Å². The number of carbonyl (C=O) groups is 2. The summed E-state index contributed by atoms with van der Waals surface area (Å²) in [5, 5.41) is 15.0. The third kappa shape index (κ3) is 4.39. The Labute approximate surface area is 121 Å². The smallest absolute Gasteiger partial charge is 0.329 e. The van der Waals surface area contributed by atoms with E-state index >= 15 is 0 Å². The molecule has 0 radical (unpaired) electrons. The van der Waals surface area contributed by atoms with Crippen molar-refractivity contribution in [3.05, 3.63) is 0 Å². The second-order valence-corrected chi connectivity index (χ2v) is 6.09. The third-order valence-electron chi connectivity index (χ3n) is 4.61. The van der Waals surface area contributed by atoms with Gasteiger partial charge in [0.05, 0.1) is 0 Å². The van der Waals surface area contributed by atoms with E-state index in [9.17, 15) is 14.7 Å². The molecular formula is C15H28N2O3. The first-order valence-electron chi connectivity index (χ1n) is 7.73. The van der Waals surface area contributed by atoms with E-state index in [-0.39, 0.29) is 6.03 Å². The Balaban J connectivity index is 2.55. The Morgan fingerprint density at radius 2 is 1.90 bits per heavy atom. The Morgan fingerprint density at radius 3 is 2.35 bits per heavy atom. The van der Waals surface area contributed by atoms with Gasteiger partial charge in [0.15, 0.2) is 0 Å². The monoisotopic (exact) mass is 284 g/mol. The number of rotatable bonds is 6. The first-order chi connectivity index (χ1) is 9.43. The van der Waals surface area contributed by atoms with E-state index < -0.39 is 11.5 Å². The lowest BCUT2D eigenvalue weighted by Crippen LogP contribution is -2.59. The van der Waals surface area contributed by atoms with E-state index in [4.69, 9.17) is 0 Å². The van der Waals surface area contributed by atoms with Crippen LogP contribution in [-0.4, -0.2) is 29.2 Å². The number of hydrogen-bond acceptors (Lipinski definition) is 2. The largest absolute Gasteiger partial charge is 0.480 e. The van der Waals surface area contributed by atoms with Crippen molar-refractivity contribution in [1.82, 2.24) is 10.6 Å². The zero-order chi connectivity index (χ0) is 15.2. The molecule has 5 heteroatoms. The van der Waals surface area contributed by atoms with Gasteiger partial charge in [0, 0.05) is 6.54 Å². The van der Waals surface area contributed by atoms with E-state index in [1.54, 1.807) is 0 Å². The van der Waals surface area contributed by atoms with Gasteiger partial charge in [-0.2, -0.15) is 0 Å². The van der Waals surface area contributed by atoms with Crippen LogP contribution in [0.25, 0.3) is 0 Å². The second kappa shape index (κ2) is 7.50. The van der Waals surface area contributed by atoms with Gasteiger partial charge >= 0.3 is 12.0 Å². The fourth-order valence-electron chi connectivity index (χ4n) is 2.64. The minimum atomic E-state index is -1.08. The molecule has 116 valence electrons. The van der Waals surface area contributed by atoms with Gasteiger partial charge in [-0.05, 0) is 37.5 Å². The highest BCUT2D eigenvalue weighted by molar-refractivity contribution is 5.86. The Morgan fingerprint density at radius 1 is 1.30 bits per heavy atom. The lowest BCUT2D eigenvalue weighted by Gasteiger charge is -2.37. The molecule has 1 unspecified atom stereocenters. The van der Waals surface area contributed by atoms with Gasteiger partial charge in [-0.1, -0.05) is 33.6 Å². The van der Waals surface area contributed by atoms with Gasteiger partial charge < -0.3 is 15.7 Å². The van der Waals surface area contributed by atoms with Gasteiger partial charge in [0.1, 0.15) is 5.54 Å². The van der Waals surface area contributed by atoms with Crippen LogP contribution in [0.3, 0.4) is 0 Å². The highest BCUT2D eigenvalue weighted by Crippen LogP contribution is 2.33. The van der Waals surface area contributed by atoms with Crippen molar-refractivity contribution in [3.63, 3.8) is 0 Å². The molecule has 1 aliphatic carbocycles. The van der Waals surface area contributed by atoms with Crippen LogP contribution in [0.1, 0.15) is 59.3 Å². The van der Waals surface area contributed by atoms with E-state index in [1.807, 2.05) is 0 Å². The average molecular weight is 284 g/mol. The van der Waals surface area contributed by atoms with E-state index in [0.717, 1.165) is 25.7 Å². The molecule has 20 heavy (non-hydrogen) atoms. The summed E-state index contributed by atoms with van der Waals surface area (Å²) in [5.41, 5.74) is -1.08. The van der Waals surface area contributed by atoms with Crippen LogP contribution in [0.15, 0.2) is 0 Å². The van der Waals surface area contributed by atoms with Crippen molar-refractivity contribution in [1.29, 1.82) is 0 Å². The molecule has 1 saturated carbocycles. The molecule has 1 aliphatic rings. The van der Waals surface area contributed by atoms with Crippen molar-refractivity contribution >= 4 is 12.0 Å². The maximum atomic E-state index is 11.9. The number of nitrogens with one attached hydrogen (secondary N) is 2. The SMILES string of the molecule is CCC(C)CNC(=O)NC1(C(=O)O)CCC(CC)CC1. The summed E-state index contributed by atoms with van der Waals surface area (Å²) < 4.78 is 0. The van der Waals surface area contributed by atoms with Gasteiger partial charge in [-0.25, -0.2) is 9.59 Å². The van der Waals surface area contributed by atoms with Crippen LogP contribution >= 0.6 is 0 Å². The minimum absolute atomic E-state index is 0.359. The summed E-state index contributed by atoms with van der Waals surface area (Å²) >= 11 is 0. The van der Waals surface area contributed by atoms with Crippen LogP contribution < -0.4 is 10.6 Å². The lowest BCUT2D eigenvalue weighted by molar-refractivity contribution is -0.146. The van der Waals surface area contributed by atoms with Crippen LogP contribution in [0.5, 0.6) is 0 Å². The molecule has 1 fully saturated rings. The fourth-order valence-corrected chi connectivity index (χ4v) is 2.64. The number of carboxylic acids is 1. The molecule has 2 amide bonds. The third-order valence-corrected chi connectivity index (χ3v) is 4.61. The summed E-state index contributed by atoms with van der Waals surface area (Å²) in [6.45, 7) is 6.83. The molecule has 0 saturated heterocycles. The number of amides is 2. The molecule has 0 aliphatic heterocycles. The Bertz CT molecular complexity index is 336. The summed E-state index contributed by atoms with van der Waals surface area (Å²) in [6.07, 6.45) is 4.86. The predicted molar refractivity (Wildman–Crippen MR) is 78.6 cm³/mol. The van der Waals surface area contributed by atoms with Crippen molar-refractivity contribution < 1.29 is 14.7 Å². The van der Waals surface area contributed by atoms with Crippen molar-refractivity contribution in [3.8, 4) is 0 Å². The molecular weight excluding hydrogens is 256 g/mol. The predicted octanol–water partition coefficient (Wildman–Crippen LogP) is 2.76. The number of carbonyl (C=O) groups excluding carboxylic acids is 1. The van der Waals surface area contributed by atoms with Gasteiger partial charge in [-0.15, -0.1) is 0 Å². The summed E-state index contributed by atoms with van der Waals surface area (Å²) in [4.78, 5) is 23.5. The Kier molecular flexibility index (Phi) is 6.30. The molecule has 0 aromatic heterocycles. The first kappa shape index (κ1) is 16.8. The maximum absolute atomic E-state index is 11.9. The highest BCUT2D eigenvalue weighted by Gasteiger charge is 2.42. The summed E-state index contributed by atoms with van der Waals surface area (Å²) in [7, 11) is 0. The van der Waals surface area contributed by atoms with Crippen molar-refractivity contribution in [2.24, 2.45) is 11.8 Å². The normalized spacial score (nSPS) is 27.6. The van der Waals surface area contributed by atoms with Crippen LogP contribution in [-0.2, 0) is 4.79 Å². The average Bonchev–Trinajstić information content (AvgIpc) is 2.45. The maximum Gasteiger partial charge on any atom is 0.329 e. The minimum Gasteiger partial charge on any atom is -0.480 e. The standard InChI is InChI=1S/C15H28N2O3/c1-4-11(3)10-16-14(20)17-15(13(18)19)8-6-12(5-2)7-9-15/h11-12H,4-10H2,1-3H3,(H,18,19)(H2,16,17,20). The van der Waals surface area contributed by atoms with Crippen LogP contribution in [0.2, 0.25) is 0 Å². The topological polar surface area (TPSA) is 78.4 Å². The molecule has 1 atom stereocenters. The lowest BCUT2D eigenvalue weighted by atomic mass is 9.75. The number of carboxylic acid groups (broad SMARTS) is 1. The van der Waals surface area contributed by atoms with Crippen molar-refractivity contribution in [2.75, 3.05) is 6.54 Å². The molecule has 0 aromatic rings. The molecule has 1 rings (SSSR count). The zero-order valence-electron chi connectivity index (χ0n) is 12.9. The quantitative estimate of drug-likeness (QED) is 0.701. The number of urea groups is 1. The van der Waals surface area contributed by atoms with E-state index in [0.29, 0.717) is 31.2 Å². The molecule has 0 aromatic carbocycles. The molecule has 0 heterocycles. The summed E-state index contributed by atoms with van der Waals surface area (Å²) in [6, 6.07) is -0.359. The first-order valence-corrected chi connectivity index (χ1v) is 7.73. The van der Waals surface area contributed by atoms with Crippen molar-refractivity contribution in [2.45, 2.75) is 64.8 Å². The highest BCUT2D eigenvalue weighted by atomic mass is 16.4. The van der Waals surface area contributed by atoms with Gasteiger partial charge in [0.25, 0.3) is 0 Å². The number of hydrogen-bond donors (Lipinski definition) is 3. The summed E-state index contributed by atoms with van der Waals surface area (Å²) in [5.74, 6) is 0.0792. The number of aliphatic carboxylic acids is 1. The van der Waals surface area contributed by atoms with Gasteiger partial charge in [0.2, 0.25) is 0 Å². The fraction of sp³-hybridized carbons (Fsp3) is 0.867. The molecule has 5 nitrogen and oxygen atoms in total. The Hall–Kier alpha value is -1.26. The van der Waals surface area contributed by atoms with E-state index in [1.165, 1.54) is 0 Å². The van der Waals surface area contributed by atoms with E-state index in [2.05, 4.69) is 31.4 Å². The molecule has 0 bridgehead atoms.